The van der Waals surface area contributed by atoms with E-state index in [2.05, 4.69) is 5.32 Å². The standard InChI is InChI=1S/C13H16F2N2O2/c1-13(19)4-5-17(8-13)7-12(18)16-11-3-2-9(14)6-10(11)15/h2-3,6,19H,4-5,7-8H2,1H3,(H,16,18). The molecule has 1 fully saturated rings. The first kappa shape index (κ1) is 13.9. The molecule has 1 heterocycles. The van der Waals surface area contributed by atoms with Gasteiger partial charge < -0.3 is 10.4 Å². The molecular weight excluding hydrogens is 254 g/mol. The van der Waals surface area contributed by atoms with Gasteiger partial charge in [-0.3, -0.25) is 9.69 Å². The largest absolute Gasteiger partial charge is 0.389 e. The van der Waals surface area contributed by atoms with Crippen LogP contribution in [0.3, 0.4) is 0 Å². The van der Waals surface area contributed by atoms with E-state index in [0.29, 0.717) is 19.5 Å². The number of hydrogen-bond acceptors (Lipinski definition) is 3. The lowest BCUT2D eigenvalue weighted by Gasteiger charge is -2.18. The second kappa shape index (κ2) is 5.22. The number of benzene rings is 1. The van der Waals surface area contributed by atoms with Crippen molar-refractivity contribution in [1.29, 1.82) is 0 Å². The van der Waals surface area contributed by atoms with Gasteiger partial charge in [0.15, 0.2) is 0 Å². The Bertz CT molecular complexity index is 492. The fraction of sp³-hybridized carbons (Fsp3) is 0.462. The van der Waals surface area contributed by atoms with E-state index in [1.165, 1.54) is 6.07 Å². The lowest BCUT2D eigenvalue weighted by molar-refractivity contribution is -0.117. The first-order valence-electron chi connectivity index (χ1n) is 6.05. The Labute approximate surface area is 110 Å². The van der Waals surface area contributed by atoms with Gasteiger partial charge in [0.2, 0.25) is 5.91 Å². The summed E-state index contributed by atoms with van der Waals surface area (Å²) in [7, 11) is 0. The van der Waals surface area contributed by atoms with Gasteiger partial charge in [-0.25, -0.2) is 8.78 Å². The van der Waals surface area contributed by atoms with E-state index in [1.807, 2.05) is 0 Å². The monoisotopic (exact) mass is 270 g/mol. The summed E-state index contributed by atoms with van der Waals surface area (Å²) in [5.74, 6) is -1.88. The first-order valence-corrected chi connectivity index (χ1v) is 6.05. The Morgan fingerprint density at radius 1 is 1.53 bits per heavy atom. The predicted molar refractivity (Wildman–Crippen MR) is 66.7 cm³/mol. The minimum Gasteiger partial charge on any atom is -0.389 e. The number of halogens is 2. The van der Waals surface area contributed by atoms with Crippen LogP contribution in [0.1, 0.15) is 13.3 Å². The zero-order valence-electron chi connectivity index (χ0n) is 10.6. The van der Waals surface area contributed by atoms with Crippen LogP contribution in [-0.4, -0.2) is 41.1 Å². The number of hydrogen-bond donors (Lipinski definition) is 2. The molecule has 0 aliphatic carbocycles. The van der Waals surface area contributed by atoms with Crippen molar-refractivity contribution in [2.75, 3.05) is 25.0 Å². The highest BCUT2D eigenvalue weighted by atomic mass is 19.1. The number of nitrogens with zero attached hydrogens (tertiary/aromatic N) is 1. The highest BCUT2D eigenvalue weighted by Crippen LogP contribution is 2.20. The van der Waals surface area contributed by atoms with E-state index >= 15 is 0 Å². The molecule has 0 spiro atoms. The fourth-order valence-electron chi connectivity index (χ4n) is 2.16. The third kappa shape index (κ3) is 3.71. The lowest BCUT2D eigenvalue weighted by atomic mass is 10.1. The number of carbonyl (C=O) groups excluding carboxylic acids is 1. The molecule has 1 saturated heterocycles. The average Bonchev–Trinajstić information content (AvgIpc) is 2.62. The van der Waals surface area contributed by atoms with Crippen molar-refractivity contribution >= 4 is 11.6 Å². The maximum absolute atomic E-state index is 13.3. The third-order valence-electron chi connectivity index (χ3n) is 3.10. The van der Waals surface area contributed by atoms with E-state index in [9.17, 15) is 18.7 Å². The van der Waals surface area contributed by atoms with Crippen molar-refractivity contribution in [3.63, 3.8) is 0 Å². The lowest BCUT2D eigenvalue weighted by Crippen LogP contribution is -2.35. The van der Waals surface area contributed by atoms with Crippen LogP contribution in [0.2, 0.25) is 0 Å². The topological polar surface area (TPSA) is 52.6 Å². The first-order chi connectivity index (χ1) is 8.85. The average molecular weight is 270 g/mol. The number of amides is 1. The number of likely N-dealkylation sites (tertiary alicyclic amines) is 1. The van der Waals surface area contributed by atoms with Crippen LogP contribution in [0.5, 0.6) is 0 Å². The second-order valence-corrected chi connectivity index (χ2v) is 5.13. The van der Waals surface area contributed by atoms with Crippen molar-refractivity contribution < 1.29 is 18.7 Å². The number of nitrogens with one attached hydrogen (secondary N) is 1. The molecule has 19 heavy (non-hydrogen) atoms. The third-order valence-corrected chi connectivity index (χ3v) is 3.10. The molecule has 1 amide bonds. The molecule has 2 N–H and O–H groups in total. The summed E-state index contributed by atoms with van der Waals surface area (Å²) in [6.45, 7) is 2.82. The molecule has 0 radical (unpaired) electrons. The van der Waals surface area contributed by atoms with E-state index in [-0.39, 0.29) is 18.1 Å². The van der Waals surface area contributed by atoms with Gasteiger partial charge >= 0.3 is 0 Å². The summed E-state index contributed by atoms with van der Waals surface area (Å²) in [5, 5.41) is 12.2. The highest BCUT2D eigenvalue weighted by molar-refractivity contribution is 5.92. The van der Waals surface area contributed by atoms with E-state index in [1.54, 1.807) is 11.8 Å². The molecule has 6 heteroatoms. The molecule has 1 aliphatic rings. The zero-order valence-corrected chi connectivity index (χ0v) is 10.6. The Morgan fingerprint density at radius 3 is 2.84 bits per heavy atom. The van der Waals surface area contributed by atoms with E-state index < -0.39 is 17.2 Å². The van der Waals surface area contributed by atoms with E-state index in [4.69, 9.17) is 0 Å². The Morgan fingerprint density at radius 2 is 2.26 bits per heavy atom. The van der Waals surface area contributed by atoms with Crippen LogP contribution < -0.4 is 5.32 Å². The molecule has 1 aromatic carbocycles. The van der Waals surface area contributed by atoms with Gasteiger partial charge in [0.05, 0.1) is 17.8 Å². The normalized spacial score (nSPS) is 23.6. The summed E-state index contributed by atoms with van der Waals surface area (Å²) < 4.78 is 26.0. The van der Waals surface area contributed by atoms with Gasteiger partial charge in [-0.1, -0.05) is 0 Å². The van der Waals surface area contributed by atoms with Crippen molar-refractivity contribution in [2.45, 2.75) is 18.9 Å². The predicted octanol–water partition coefficient (Wildman–Crippen LogP) is 1.36. The summed E-state index contributed by atoms with van der Waals surface area (Å²) in [6, 6.07) is 2.98. The number of aliphatic hydroxyl groups is 1. The molecule has 0 aromatic heterocycles. The molecule has 104 valence electrons. The number of rotatable bonds is 3. The number of β-amino-alcohol motifs (C(OH)–C–C–N with tert-alkyl or cyclic N) is 1. The van der Waals surface area contributed by atoms with Crippen LogP contribution in [-0.2, 0) is 4.79 Å². The Balaban J connectivity index is 1.91. The Hall–Kier alpha value is -1.53. The molecular formula is C13H16F2N2O2. The van der Waals surface area contributed by atoms with Gasteiger partial charge in [0, 0.05) is 19.2 Å². The zero-order chi connectivity index (χ0) is 14.0. The minimum atomic E-state index is -0.804. The fourth-order valence-corrected chi connectivity index (χ4v) is 2.16. The minimum absolute atomic E-state index is 0.0441. The molecule has 1 unspecified atom stereocenters. The van der Waals surface area contributed by atoms with Crippen molar-refractivity contribution in [3.05, 3.63) is 29.8 Å². The van der Waals surface area contributed by atoms with Gasteiger partial charge in [-0.2, -0.15) is 0 Å². The summed E-state index contributed by atoms with van der Waals surface area (Å²) >= 11 is 0. The number of carbonyl (C=O) groups is 1. The summed E-state index contributed by atoms with van der Waals surface area (Å²) in [6.07, 6.45) is 0.602. The number of anilines is 1. The van der Waals surface area contributed by atoms with Crippen LogP contribution >= 0.6 is 0 Å². The smallest absolute Gasteiger partial charge is 0.238 e. The van der Waals surface area contributed by atoms with Gasteiger partial charge in [0.25, 0.3) is 0 Å². The van der Waals surface area contributed by atoms with Crippen LogP contribution in [0.15, 0.2) is 18.2 Å². The van der Waals surface area contributed by atoms with Crippen LogP contribution in [0.25, 0.3) is 0 Å². The molecule has 1 aliphatic heterocycles. The molecule has 0 saturated carbocycles. The molecule has 1 aromatic rings. The van der Waals surface area contributed by atoms with Crippen molar-refractivity contribution in [3.8, 4) is 0 Å². The summed E-state index contributed by atoms with van der Waals surface area (Å²) in [5.41, 5.74) is -0.820. The summed E-state index contributed by atoms with van der Waals surface area (Å²) in [4.78, 5) is 13.5. The molecule has 1 atom stereocenters. The quantitative estimate of drug-likeness (QED) is 0.872. The maximum atomic E-state index is 13.3. The highest BCUT2D eigenvalue weighted by Gasteiger charge is 2.32. The molecule has 0 bridgehead atoms. The Kier molecular flexibility index (Phi) is 3.82. The second-order valence-electron chi connectivity index (χ2n) is 5.13. The van der Waals surface area contributed by atoms with E-state index in [0.717, 1.165) is 12.1 Å². The SMILES string of the molecule is CC1(O)CCN(CC(=O)Nc2ccc(F)cc2F)C1. The molecule has 4 nitrogen and oxygen atoms in total. The van der Waals surface area contributed by atoms with Gasteiger partial charge in [-0.15, -0.1) is 0 Å². The molecule has 2 rings (SSSR count). The maximum Gasteiger partial charge on any atom is 0.238 e. The van der Waals surface area contributed by atoms with Gasteiger partial charge in [0.1, 0.15) is 11.6 Å². The van der Waals surface area contributed by atoms with Crippen LogP contribution in [0.4, 0.5) is 14.5 Å². The van der Waals surface area contributed by atoms with Gasteiger partial charge in [-0.05, 0) is 25.5 Å². The van der Waals surface area contributed by atoms with Crippen molar-refractivity contribution in [2.24, 2.45) is 0 Å². The van der Waals surface area contributed by atoms with Crippen LogP contribution in [0, 0.1) is 11.6 Å². The van der Waals surface area contributed by atoms with Crippen molar-refractivity contribution in [1.82, 2.24) is 4.90 Å².